The number of carbonyl (C=O) groups excluding carboxylic acids is 1. The lowest BCUT2D eigenvalue weighted by Crippen LogP contribution is -2.45. The summed E-state index contributed by atoms with van der Waals surface area (Å²) in [4.78, 5) is 23.4. The standard InChI is InChI=1S/C18H24N4O2/c1-12-11-13(2)24-16(12)18(23)21-15-5-9-22(10-6-15)14(3)17-19-7-4-8-20-17/h4,7-8,11,14-15H,5-6,9-10H2,1-3H3,(H,21,23). The molecule has 0 bridgehead atoms. The van der Waals surface area contributed by atoms with Crippen LogP contribution in [0.15, 0.2) is 28.9 Å². The van der Waals surface area contributed by atoms with Crippen molar-refractivity contribution in [3.05, 3.63) is 47.4 Å². The molecule has 1 atom stereocenters. The summed E-state index contributed by atoms with van der Waals surface area (Å²) >= 11 is 0. The van der Waals surface area contributed by atoms with E-state index in [4.69, 9.17) is 4.42 Å². The largest absolute Gasteiger partial charge is 0.456 e. The van der Waals surface area contributed by atoms with E-state index < -0.39 is 0 Å². The minimum absolute atomic E-state index is 0.113. The number of likely N-dealkylation sites (tertiary alicyclic amines) is 1. The van der Waals surface area contributed by atoms with Gasteiger partial charge in [-0.05, 0) is 45.7 Å². The van der Waals surface area contributed by atoms with Crippen LogP contribution in [-0.2, 0) is 0 Å². The van der Waals surface area contributed by atoms with E-state index in [1.54, 1.807) is 12.4 Å². The molecule has 2 aromatic heterocycles. The van der Waals surface area contributed by atoms with Gasteiger partial charge in [-0.15, -0.1) is 0 Å². The Morgan fingerprint density at radius 3 is 2.54 bits per heavy atom. The van der Waals surface area contributed by atoms with Gasteiger partial charge in [0.1, 0.15) is 11.6 Å². The van der Waals surface area contributed by atoms with Crippen molar-refractivity contribution >= 4 is 5.91 Å². The van der Waals surface area contributed by atoms with E-state index in [1.165, 1.54) is 0 Å². The molecule has 0 radical (unpaired) electrons. The van der Waals surface area contributed by atoms with Gasteiger partial charge in [0.15, 0.2) is 5.76 Å². The summed E-state index contributed by atoms with van der Waals surface area (Å²) in [6, 6.07) is 4.09. The number of amides is 1. The molecule has 1 aliphatic heterocycles. The highest BCUT2D eigenvalue weighted by Crippen LogP contribution is 2.22. The third-order valence-electron chi connectivity index (χ3n) is 4.62. The number of nitrogens with one attached hydrogen (secondary N) is 1. The van der Waals surface area contributed by atoms with Crippen molar-refractivity contribution in [2.45, 2.75) is 45.7 Å². The van der Waals surface area contributed by atoms with Crippen LogP contribution in [0.2, 0.25) is 0 Å². The number of hydrogen-bond donors (Lipinski definition) is 1. The zero-order valence-electron chi connectivity index (χ0n) is 14.5. The molecule has 1 saturated heterocycles. The lowest BCUT2D eigenvalue weighted by Gasteiger charge is -2.35. The van der Waals surface area contributed by atoms with Crippen molar-refractivity contribution in [1.29, 1.82) is 0 Å². The van der Waals surface area contributed by atoms with Gasteiger partial charge in [0.2, 0.25) is 0 Å². The molecule has 6 heteroatoms. The Bertz CT molecular complexity index is 690. The molecule has 3 heterocycles. The predicted octanol–water partition coefficient (Wildman–Crippen LogP) is 2.64. The van der Waals surface area contributed by atoms with Crippen LogP contribution < -0.4 is 5.32 Å². The normalized spacial score (nSPS) is 17.6. The van der Waals surface area contributed by atoms with E-state index in [0.29, 0.717) is 5.76 Å². The number of hydrogen-bond acceptors (Lipinski definition) is 5. The molecule has 2 aromatic rings. The average Bonchev–Trinajstić information content (AvgIpc) is 2.94. The Morgan fingerprint density at radius 2 is 1.96 bits per heavy atom. The third kappa shape index (κ3) is 3.64. The molecular formula is C18H24N4O2. The molecule has 1 amide bonds. The highest BCUT2D eigenvalue weighted by molar-refractivity contribution is 5.93. The lowest BCUT2D eigenvalue weighted by molar-refractivity contribution is 0.0864. The van der Waals surface area contributed by atoms with Gasteiger partial charge >= 0.3 is 0 Å². The zero-order chi connectivity index (χ0) is 17.1. The van der Waals surface area contributed by atoms with Crippen molar-refractivity contribution in [3.63, 3.8) is 0 Å². The number of furan rings is 1. The molecule has 1 fully saturated rings. The maximum Gasteiger partial charge on any atom is 0.287 e. The van der Waals surface area contributed by atoms with Crippen LogP contribution >= 0.6 is 0 Å². The minimum Gasteiger partial charge on any atom is -0.456 e. The Kier molecular flexibility index (Phi) is 4.94. The Labute approximate surface area is 142 Å². The number of carbonyl (C=O) groups is 1. The molecule has 6 nitrogen and oxygen atoms in total. The number of aromatic nitrogens is 2. The number of rotatable bonds is 4. The van der Waals surface area contributed by atoms with Crippen LogP contribution in [0.1, 0.15) is 53.5 Å². The fraction of sp³-hybridized carbons (Fsp3) is 0.500. The molecule has 24 heavy (non-hydrogen) atoms. The summed E-state index contributed by atoms with van der Waals surface area (Å²) < 4.78 is 5.50. The molecule has 3 rings (SSSR count). The second kappa shape index (κ2) is 7.13. The van der Waals surface area contributed by atoms with E-state index >= 15 is 0 Å². The summed E-state index contributed by atoms with van der Waals surface area (Å²) in [6.45, 7) is 7.72. The summed E-state index contributed by atoms with van der Waals surface area (Å²) in [5.41, 5.74) is 0.886. The SMILES string of the molecule is Cc1cc(C)c(C(=O)NC2CCN(C(C)c3ncccn3)CC2)o1. The molecular weight excluding hydrogens is 304 g/mol. The van der Waals surface area contributed by atoms with Gasteiger partial charge < -0.3 is 9.73 Å². The molecule has 0 saturated carbocycles. The Balaban J connectivity index is 1.54. The van der Waals surface area contributed by atoms with E-state index in [-0.39, 0.29) is 18.0 Å². The molecule has 0 spiro atoms. The van der Waals surface area contributed by atoms with Gasteiger partial charge in [0.05, 0.1) is 6.04 Å². The number of nitrogens with zero attached hydrogens (tertiary/aromatic N) is 3. The summed E-state index contributed by atoms with van der Waals surface area (Å²) in [5, 5.41) is 3.10. The first kappa shape index (κ1) is 16.6. The third-order valence-corrected chi connectivity index (χ3v) is 4.62. The fourth-order valence-corrected chi connectivity index (χ4v) is 3.24. The van der Waals surface area contributed by atoms with Crippen LogP contribution in [-0.4, -0.2) is 39.9 Å². The van der Waals surface area contributed by atoms with E-state index in [0.717, 1.165) is 43.1 Å². The molecule has 0 aromatic carbocycles. The summed E-state index contributed by atoms with van der Waals surface area (Å²) in [6.07, 6.45) is 5.39. The molecule has 128 valence electrons. The highest BCUT2D eigenvalue weighted by Gasteiger charge is 2.26. The lowest BCUT2D eigenvalue weighted by atomic mass is 10.0. The first-order chi connectivity index (χ1) is 11.5. The van der Waals surface area contributed by atoms with Crippen LogP contribution in [0.25, 0.3) is 0 Å². The van der Waals surface area contributed by atoms with Crippen molar-refractivity contribution in [3.8, 4) is 0 Å². The van der Waals surface area contributed by atoms with Gasteiger partial charge in [-0.3, -0.25) is 9.69 Å². The maximum atomic E-state index is 12.3. The zero-order valence-corrected chi connectivity index (χ0v) is 14.5. The second-order valence-corrected chi connectivity index (χ2v) is 6.44. The van der Waals surface area contributed by atoms with Crippen molar-refractivity contribution in [1.82, 2.24) is 20.2 Å². The van der Waals surface area contributed by atoms with Gasteiger partial charge in [0.25, 0.3) is 5.91 Å². The van der Waals surface area contributed by atoms with Gasteiger partial charge in [-0.25, -0.2) is 9.97 Å². The Hall–Kier alpha value is -2.21. The predicted molar refractivity (Wildman–Crippen MR) is 90.7 cm³/mol. The van der Waals surface area contributed by atoms with Crippen LogP contribution in [0.5, 0.6) is 0 Å². The molecule has 1 N–H and O–H groups in total. The summed E-state index contributed by atoms with van der Waals surface area (Å²) in [7, 11) is 0. The van der Waals surface area contributed by atoms with E-state index in [9.17, 15) is 4.79 Å². The van der Waals surface area contributed by atoms with E-state index in [2.05, 4.69) is 27.1 Å². The fourth-order valence-electron chi connectivity index (χ4n) is 3.24. The number of aryl methyl sites for hydroxylation is 2. The van der Waals surface area contributed by atoms with Gasteiger partial charge in [-0.1, -0.05) is 0 Å². The Morgan fingerprint density at radius 1 is 1.29 bits per heavy atom. The van der Waals surface area contributed by atoms with Crippen LogP contribution in [0.3, 0.4) is 0 Å². The van der Waals surface area contributed by atoms with E-state index in [1.807, 2.05) is 26.0 Å². The quantitative estimate of drug-likeness (QED) is 0.934. The average molecular weight is 328 g/mol. The molecule has 1 aliphatic rings. The number of piperidine rings is 1. The smallest absolute Gasteiger partial charge is 0.287 e. The maximum absolute atomic E-state index is 12.3. The monoisotopic (exact) mass is 328 g/mol. The first-order valence-electron chi connectivity index (χ1n) is 8.43. The highest BCUT2D eigenvalue weighted by atomic mass is 16.3. The van der Waals surface area contributed by atoms with Gasteiger partial charge in [0, 0.05) is 37.1 Å². The molecule has 1 unspecified atom stereocenters. The van der Waals surface area contributed by atoms with Crippen molar-refractivity contribution in [2.75, 3.05) is 13.1 Å². The first-order valence-corrected chi connectivity index (χ1v) is 8.43. The molecule has 0 aliphatic carbocycles. The van der Waals surface area contributed by atoms with Crippen LogP contribution in [0.4, 0.5) is 0 Å². The van der Waals surface area contributed by atoms with Gasteiger partial charge in [-0.2, -0.15) is 0 Å². The van der Waals surface area contributed by atoms with Crippen molar-refractivity contribution < 1.29 is 9.21 Å². The summed E-state index contributed by atoms with van der Waals surface area (Å²) in [5.74, 6) is 1.94. The van der Waals surface area contributed by atoms with Crippen molar-refractivity contribution in [2.24, 2.45) is 0 Å². The van der Waals surface area contributed by atoms with Crippen LogP contribution in [0, 0.1) is 13.8 Å². The second-order valence-electron chi connectivity index (χ2n) is 6.44. The topological polar surface area (TPSA) is 71.3 Å². The minimum atomic E-state index is -0.113.